The third-order valence-corrected chi connectivity index (χ3v) is 3.86. The molecule has 2 rings (SSSR count). The zero-order valence-electron chi connectivity index (χ0n) is 14.2. The van der Waals surface area contributed by atoms with Crippen molar-refractivity contribution < 1.29 is 28.5 Å². The summed E-state index contributed by atoms with van der Waals surface area (Å²) in [6, 6.07) is 3.44. The van der Waals surface area contributed by atoms with Crippen LogP contribution in [0.15, 0.2) is 18.2 Å². The van der Waals surface area contributed by atoms with Crippen LogP contribution in [-0.4, -0.2) is 39.2 Å². The molecule has 0 aromatic heterocycles. The molecule has 1 aliphatic carbocycles. The maximum Gasteiger partial charge on any atom is 0.331 e. The van der Waals surface area contributed by atoms with Gasteiger partial charge < -0.3 is 18.9 Å². The second-order valence-electron chi connectivity index (χ2n) is 5.43. The van der Waals surface area contributed by atoms with E-state index in [-0.39, 0.29) is 5.78 Å². The SMILES string of the molecule is COc1cc(C=CC(=O)OC2CCCCC2=O)cc(OC)c1OC. The summed E-state index contributed by atoms with van der Waals surface area (Å²) in [5.74, 6) is 0.923. The third-order valence-electron chi connectivity index (χ3n) is 3.86. The second kappa shape index (κ2) is 8.38. The van der Waals surface area contributed by atoms with E-state index < -0.39 is 12.1 Å². The summed E-state index contributed by atoms with van der Waals surface area (Å²) < 4.78 is 21.0. The van der Waals surface area contributed by atoms with Gasteiger partial charge in [-0.05, 0) is 43.0 Å². The lowest BCUT2D eigenvalue weighted by Gasteiger charge is -2.19. The van der Waals surface area contributed by atoms with Crippen LogP contribution in [0, 0.1) is 0 Å². The van der Waals surface area contributed by atoms with Crippen LogP contribution in [0.3, 0.4) is 0 Å². The molecule has 1 unspecified atom stereocenters. The maximum atomic E-state index is 11.9. The molecule has 0 saturated heterocycles. The smallest absolute Gasteiger partial charge is 0.331 e. The van der Waals surface area contributed by atoms with Gasteiger partial charge in [0.05, 0.1) is 21.3 Å². The summed E-state index contributed by atoms with van der Waals surface area (Å²) in [5.41, 5.74) is 0.691. The third kappa shape index (κ3) is 4.28. The molecule has 1 fully saturated rings. The number of carbonyl (C=O) groups excluding carboxylic acids is 2. The Morgan fingerprint density at radius 2 is 1.75 bits per heavy atom. The Balaban J connectivity index is 2.10. The molecule has 1 aromatic carbocycles. The second-order valence-corrected chi connectivity index (χ2v) is 5.43. The van der Waals surface area contributed by atoms with Crippen LogP contribution in [0.4, 0.5) is 0 Å². The fourth-order valence-electron chi connectivity index (χ4n) is 2.62. The number of esters is 1. The van der Waals surface area contributed by atoms with Gasteiger partial charge in [0.2, 0.25) is 5.75 Å². The summed E-state index contributed by atoms with van der Waals surface area (Å²) in [6.07, 6.45) is 5.12. The maximum absolute atomic E-state index is 11.9. The van der Waals surface area contributed by atoms with Crippen LogP contribution in [0.2, 0.25) is 0 Å². The van der Waals surface area contributed by atoms with Crippen LogP contribution in [0.25, 0.3) is 6.08 Å². The van der Waals surface area contributed by atoms with Gasteiger partial charge >= 0.3 is 5.97 Å². The first-order chi connectivity index (χ1) is 11.6. The highest BCUT2D eigenvalue weighted by molar-refractivity contribution is 5.91. The van der Waals surface area contributed by atoms with Crippen molar-refractivity contribution in [2.24, 2.45) is 0 Å². The van der Waals surface area contributed by atoms with Crippen molar-refractivity contribution >= 4 is 17.8 Å². The number of rotatable bonds is 6. The van der Waals surface area contributed by atoms with Gasteiger partial charge in [0.1, 0.15) is 0 Å². The summed E-state index contributed by atoms with van der Waals surface area (Å²) >= 11 is 0. The van der Waals surface area contributed by atoms with Crippen LogP contribution in [-0.2, 0) is 14.3 Å². The molecule has 0 aliphatic heterocycles. The van der Waals surface area contributed by atoms with Crippen molar-refractivity contribution in [3.05, 3.63) is 23.8 Å². The molecule has 1 aliphatic rings. The first-order valence-electron chi connectivity index (χ1n) is 7.80. The molecule has 0 N–H and O–H groups in total. The largest absolute Gasteiger partial charge is 0.493 e. The Labute approximate surface area is 141 Å². The number of hydrogen-bond donors (Lipinski definition) is 0. The molecular formula is C18H22O6. The Morgan fingerprint density at radius 1 is 1.08 bits per heavy atom. The summed E-state index contributed by atoms with van der Waals surface area (Å²) in [5, 5.41) is 0. The van der Waals surface area contributed by atoms with Gasteiger partial charge in [0, 0.05) is 12.5 Å². The summed E-state index contributed by atoms with van der Waals surface area (Å²) in [6.45, 7) is 0. The molecule has 24 heavy (non-hydrogen) atoms. The quantitative estimate of drug-likeness (QED) is 0.588. The Hall–Kier alpha value is -2.50. The standard InChI is InChI=1S/C18H22O6/c1-21-15-10-12(11-16(22-2)18(15)23-3)8-9-17(20)24-14-7-5-4-6-13(14)19/h8-11,14H,4-7H2,1-3H3. The molecule has 1 atom stereocenters. The van der Waals surface area contributed by atoms with Crippen molar-refractivity contribution in [2.75, 3.05) is 21.3 Å². The number of carbonyl (C=O) groups is 2. The van der Waals surface area contributed by atoms with Crippen molar-refractivity contribution in [1.29, 1.82) is 0 Å². The number of ether oxygens (including phenoxy) is 4. The molecule has 130 valence electrons. The minimum atomic E-state index is -0.615. The van der Waals surface area contributed by atoms with E-state index in [4.69, 9.17) is 18.9 Å². The molecule has 6 nitrogen and oxygen atoms in total. The van der Waals surface area contributed by atoms with E-state index in [1.807, 2.05) is 0 Å². The van der Waals surface area contributed by atoms with E-state index in [1.165, 1.54) is 27.4 Å². The van der Waals surface area contributed by atoms with Crippen LogP contribution in [0.1, 0.15) is 31.2 Å². The number of hydrogen-bond acceptors (Lipinski definition) is 6. The summed E-state index contributed by atoms with van der Waals surface area (Å²) in [7, 11) is 4.57. The van der Waals surface area contributed by atoms with Crippen LogP contribution < -0.4 is 14.2 Å². The fourth-order valence-corrected chi connectivity index (χ4v) is 2.62. The molecule has 0 amide bonds. The number of methoxy groups -OCH3 is 3. The van der Waals surface area contributed by atoms with Crippen LogP contribution >= 0.6 is 0 Å². The number of Topliss-reactive ketones (excluding diaryl/α,β-unsaturated/α-hetero) is 1. The van der Waals surface area contributed by atoms with Crippen molar-refractivity contribution in [3.63, 3.8) is 0 Å². The van der Waals surface area contributed by atoms with E-state index in [0.717, 1.165) is 12.8 Å². The molecule has 1 saturated carbocycles. The lowest BCUT2D eigenvalue weighted by Crippen LogP contribution is -2.29. The van der Waals surface area contributed by atoms with E-state index in [0.29, 0.717) is 35.7 Å². The Kier molecular flexibility index (Phi) is 6.23. The molecule has 6 heteroatoms. The van der Waals surface area contributed by atoms with Gasteiger partial charge in [-0.3, -0.25) is 4.79 Å². The lowest BCUT2D eigenvalue weighted by molar-refractivity contribution is -0.152. The number of benzene rings is 1. The zero-order chi connectivity index (χ0) is 17.5. The lowest BCUT2D eigenvalue weighted by atomic mass is 9.96. The van der Waals surface area contributed by atoms with Gasteiger partial charge in [0.15, 0.2) is 23.4 Å². The Bertz CT molecular complexity index is 609. The highest BCUT2D eigenvalue weighted by Gasteiger charge is 2.24. The summed E-state index contributed by atoms with van der Waals surface area (Å²) in [4.78, 5) is 23.6. The van der Waals surface area contributed by atoms with Crippen molar-refractivity contribution in [2.45, 2.75) is 31.8 Å². The van der Waals surface area contributed by atoms with Gasteiger partial charge in [-0.25, -0.2) is 4.79 Å². The average Bonchev–Trinajstić information content (AvgIpc) is 2.60. The topological polar surface area (TPSA) is 71.1 Å². The molecule has 0 radical (unpaired) electrons. The highest BCUT2D eigenvalue weighted by Crippen LogP contribution is 2.38. The van der Waals surface area contributed by atoms with E-state index in [2.05, 4.69) is 0 Å². The van der Waals surface area contributed by atoms with Gasteiger partial charge in [-0.15, -0.1) is 0 Å². The number of ketones is 1. The molecule has 0 heterocycles. The van der Waals surface area contributed by atoms with Gasteiger partial charge in [-0.2, -0.15) is 0 Å². The first-order valence-corrected chi connectivity index (χ1v) is 7.80. The minimum Gasteiger partial charge on any atom is -0.493 e. The van der Waals surface area contributed by atoms with E-state index in [1.54, 1.807) is 18.2 Å². The molecular weight excluding hydrogens is 312 g/mol. The Morgan fingerprint density at radius 3 is 2.29 bits per heavy atom. The fraction of sp³-hybridized carbons (Fsp3) is 0.444. The van der Waals surface area contributed by atoms with E-state index >= 15 is 0 Å². The monoisotopic (exact) mass is 334 g/mol. The minimum absolute atomic E-state index is 0.00390. The average molecular weight is 334 g/mol. The first kappa shape index (κ1) is 17.8. The molecule has 0 spiro atoms. The van der Waals surface area contributed by atoms with Crippen molar-refractivity contribution in [1.82, 2.24) is 0 Å². The van der Waals surface area contributed by atoms with Crippen LogP contribution in [0.5, 0.6) is 17.2 Å². The zero-order valence-corrected chi connectivity index (χ0v) is 14.2. The van der Waals surface area contributed by atoms with Crippen molar-refractivity contribution in [3.8, 4) is 17.2 Å². The predicted molar refractivity (Wildman–Crippen MR) is 88.5 cm³/mol. The van der Waals surface area contributed by atoms with Gasteiger partial charge in [-0.1, -0.05) is 0 Å². The predicted octanol–water partition coefficient (Wildman–Crippen LogP) is 2.78. The molecule has 1 aromatic rings. The normalized spacial score (nSPS) is 17.6. The molecule has 0 bridgehead atoms. The van der Waals surface area contributed by atoms with Gasteiger partial charge in [0.25, 0.3) is 0 Å². The van der Waals surface area contributed by atoms with E-state index in [9.17, 15) is 9.59 Å². The highest BCUT2D eigenvalue weighted by atomic mass is 16.5.